The maximum absolute atomic E-state index is 13.1. The maximum atomic E-state index is 13.1. The zero-order chi connectivity index (χ0) is 19.4. The Bertz CT molecular complexity index is 1020. The Hall–Kier alpha value is -3.73. The summed E-state index contributed by atoms with van der Waals surface area (Å²) in [6.07, 6.45) is 3.37. The normalized spacial score (nSPS) is 10.9. The molecule has 134 valence electrons. The molecule has 0 aromatic heterocycles. The van der Waals surface area contributed by atoms with E-state index in [1.807, 2.05) is 0 Å². The first-order valence-corrected chi connectivity index (χ1v) is 8.09. The van der Waals surface area contributed by atoms with Gasteiger partial charge in [0.15, 0.2) is 0 Å². The molecule has 0 heterocycles. The molecule has 0 unspecified atom stereocenters. The molecule has 0 bridgehead atoms. The zero-order valence-electron chi connectivity index (χ0n) is 14.1. The van der Waals surface area contributed by atoms with Gasteiger partial charge in [0.05, 0.1) is 11.1 Å². The summed E-state index contributed by atoms with van der Waals surface area (Å²) < 4.78 is 13.1. The molecule has 0 radical (unpaired) electrons. The highest BCUT2D eigenvalue weighted by molar-refractivity contribution is 5.95. The van der Waals surface area contributed by atoms with Gasteiger partial charge in [0.1, 0.15) is 5.82 Å². The third-order valence-electron chi connectivity index (χ3n) is 4.07. The second kappa shape index (κ2) is 7.66. The van der Waals surface area contributed by atoms with Crippen molar-refractivity contribution in [2.24, 2.45) is 0 Å². The standard InChI is InChI=1S/C22H15FO4/c23-19-10-7-15(8-11-19)17-9-12-20(22(26)27)18(13-17)6-3-14-1-4-16(5-2-14)21(24)25/h1-13H,(H,24,25)(H,26,27)/b6-3+. The summed E-state index contributed by atoms with van der Waals surface area (Å²) in [4.78, 5) is 22.4. The van der Waals surface area contributed by atoms with Crippen LogP contribution in [0.5, 0.6) is 0 Å². The SMILES string of the molecule is O=C(O)c1ccc(/C=C/c2cc(-c3ccc(F)cc3)ccc2C(=O)O)cc1. The van der Waals surface area contributed by atoms with Gasteiger partial charge in [0, 0.05) is 0 Å². The third-order valence-corrected chi connectivity index (χ3v) is 4.07. The Morgan fingerprint density at radius 2 is 1.37 bits per heavy atom. The van der Waals surface area contributed by atoms with Gasteiger partial charge >= 0.3 is 11.9 Å². The number of aromatic carboxylic acids is 2. The highest BCUT2D eigenvalue weighted by Gasteiger charge is 2.10. The molecule has 0 atom stereocenters. The van der Waals surface area contributed by atoms with Crippen molar-refractivity contribution in [2.45, 2.75) is 0 Å². The molecule has 0 amide bonds. The minimum absolute atomic E-state index is 0.138. The molecule has 3 rings (SSSR count). The Kier molecular flexibility index (Phi) is 5.13. The molecule has 0 spiro atoms. The average Bonchev–Trinajstić information content (AvgIpc) is 2.67. The van der Waals surface area contributed by atoms with Crippen molar-refractivity contribution < 1.29 is 24.2 Å². The number of halogens is 1. The van der Waals surface area contributed by atoms with Crippen LogP contribution >= 0.6 is 0 Å². The van der Waals surface area contributed by atoms with Crippen LogP contribution in [0.25, 0.3) is 23.3 Å². The van der Waals surface area contributed by atoms with Crippen molar-refractivity contribution >= 4 is 24.1 Å². The number of hydrogen-bond donors (Lipinski definition) is 2. The van der Waals surface area contributed by atoms with Gasteiger partial charge in [-0.25, -0.2) is 14.0 Å². The molecule has 0 aliphatic heterocycles. The van der Waals surface area contributed by atoms with E-state index in [0.29, 0.717) is 5.56 Å². The molecule has 3 aromatic rings. The quantitative estimate of drug-likeness (QED) is 0.622. The minimum Gasteiger partial charge on any atom is -0.478 e. The maximum Gasteiger partial charge on any atom is 0.336 e. The fourth-order valence-electron chi connectivity index (χ4n) is 2.64. The predicted octanol–water partition coefficient (Wildman–Crippen LogP) is 5.06. The molecule has 0 saturated heterocycles. The second-order valence-electron chi connectivity index (χ2n) is 5.87. The number of carbonyl (C=O) groups is 2. The highest BCUT2D eigenvalue weighted by atomic mass is 19.1. The molecular formula is C22H15FO4. The van der Waals surface area contributed by atoms with E-state index in [1.165, 1.54) is 30.3 Å². The van der Waals surface area contributed by atoms with Gasteiger partial charge in [-0.2, -0.15) is 0 Å². The smallest absolute Gasteiger partial charge is 0.336 e. The van der Waals surface area contributed by atoms with E-state index in [4.69, 9.17) is 5.11 Å². The van der Waals surface area contributed by atoms with E-state index in [-0.39, 0.29) is 16.9 Å². The van der Waals surface area contributed by atoms with Crippen molar-refractivity contribution in [3.63, 3.8) is 0 Å². The molecule has 4 nitrogen and oxygen atoms in total. The summed E-state index contributed by atoms with van der Waals surface area (Å²) in [7, 11) is 0. The summed E-state index contributed by atoms with van der Waals surface area (Å²) in [5, 5.41) is 18.3. The van der Waals surface area contributed by atoms with Crippen LogP contribution in [0.2, 0.25) is 0 Å². The Morgan fingerprint density at radius 3 is 1.96 bits per heavy atom. The van der Waals surface area contributed by atoms with Crippen molar-refractivity contribution in [2.75, 3.05) is 0 Å². The lowest BCUT2D eigenvalue weighted by molar-refractivity contribution is 0.0686. The van der Waals surface area contributed by atoms with Crippen molar-refractivity contribution in [3.8, 4) is 11.1 Å². The first kappa shape index (κ1) is 18.1. The molecule has 2 N–H and O–H groups in total. The van der Waals surface area contributed by atoms with Crippen molar-refractivity contribution in [1.82, 2.24) is 0 Å². The zero-order valence-corrected chi connectivity index (χ0v) is 14.1. The molecular weight excluding hydrogens is 347 g/mol. The van der Waals surface area contributed by atoms with Crippen LogP contribution in [-0.2, 0) is 0 Å². The molecule has 0 aliphatic carbocycles. The summed E-state index contributed by atoms with van der Waals surface area (Å²) >= 11 is 0. The molecule has 27 heavy (non-hydrogen) atoms. The average molecular weight is 362 g/mol. The van der Waals surface area contributed by atoms with Crippen LogP contribution < -0.4 is 0 Å². The summed E-state index contributed by atoms with van der Waals surface area (Å²) in [6, 6.07) is 17.1. The van der Waals surface area contributed by atoms with Gasteiger partial charge in [0.25, 0.3) is 0 Å². The first-order valence-electron chi connectivity index (χ1n) is 8.09. The summed E-state index contributed by atoms with van der Waals surface area (Å²) in [5.41, 5.74) is 3.08. The molecule has 0 aliphatic rings. The minimum atomic E-state index is -1.05. The number of hydrogen-bond acceptors (Lipinski definition) is 2. The van der Waals surface area contributed by atoms with Gasteiger partial charge in [-0.05, 0) is 58.7 Å². The van der Waals surface area contributed by atoms with Gasteiger partial charge in [-0.15, -0.1) is 0 Å². The van der Waals surface area contributed by atoms with Crippen molar-refractivity contribution in [3.05, 3.63) is 94.8 Å². The fraction of sp³-hybridized carbons (Fsp3) is 0. The lowest BCUT2D eigenvalue weighted by Gasteiger charge is -2.07. The number of benzene rings is 3. The van der Waals surface area contributed by atoms with Crippen LogP contribution in [0.4, 0.5) is 4.39 Å². The molecule has 0 saturated carbocycles. The van der Waals surface area contributed by atoms with Crippen LogP contribution in [0.1, 0.15) is 31.8 Å². The van der Waals surface area contributed by atoms with Crippen LogP contribution in [0, 0.1) is 5.82 Å². The third kappa shape index (κ3) is 4.27. The summed E-state index contributed by atoms with van der Waals surface area (Å²) in [6.45, 7) is 0. The Balaban J connectivity index is 1.96. The van der Waals surface area contributed by atoms with E-state index in [9.17, 15) is 19.1 Å². The van der Waals surface area contributed by atoms with Crippen LogP contribution in [-0.4, -0.2) is 22.2 Å². The lowest BCUT2D eigenvalue weighted by atomic mass is 9.98. The van der Waals surface area contributed by atoms with Gasteiger partial charge in [-0.3, -0.25) is 0 Å². The largest absolute Gasteiger partial charge is 0.478 e. The lowest BCUT2D eigenvalue weighted by Crippen LogP contribution is -1.99. The monoisotopic (exact) mass is 362 g/mol. The fourth-order valence-corrected chi connectivity index (χ4v) is 2.64. The van der Waals surface area contributed by atoms with Crippen LogP contribution in [0.3, 0.4) is 0 Å². The van der Waals surface area contributed by atoms with Gasteiger partial charge in [-0.1, -0.05) is 42.5 Å². The summed E-state index contributed by atoms with van der Waals surface area (Å²) in [5.74, 6) is -2.40. The second-order valence-corrected chi connectivity index (χ2v) is 5.87. The first-order chi connectivity index (χ1) is 12.9. The Labute approximate surface area is 154 Å². The van der Waals surface area contributed by atoms with Crippen molar-refractivity contribution in [1.29, 1.82) is 0 Å². The number of carboxylic acids is 2. The molecule has 5 heteroatoms. The van der Waals surface area contributed by atoms with Crippen LogP contribution in [0.15, 0.2) is 66.7 Å². The number of carboxylic acid groups (broad SMARTS) is 2. The van der Waals surface area contributed by atoms with E-state index < -0.39 is 11.9 Å². The topological polar surface area (TPSA) is 74.6 Å². The van der Waals surface area contributed by atoms with Gasteiger partial charge in [0.2, 0.25) is 0 Å². The molecule has 0 fully saturated rings. The van der Waals surface area contributed by atoms with Gasteiger partial charge < -0.3 is 10.2 Å². The predicted molar refractivity (Wildman–Crippen MR) is 101 cm³/mol. The highest BCUT2D eigenvalue weighted by Crippen LogP contribution is 2.24. The van der Waals surface area contributed by atoms with E-state index in [2.05, 4.69) is 0 Å². The van der Waals surface area contributed by atoms with E-state index in [1.54, 1.807) is 48.6 Å². The van der Waals surface area contributed by atoms with E-state index >= 15 is 0 Å². The van der Waals surface area contributed by atoms with E-state index in [0.717, 1.165) is 16.7 Å². The Morgan fingerprint density at radius 1 is 0.741 bits per heavy atom. The number of rotatable bonds is 5. The molecule has 3 aromatic carbocycles.